The number of nitrogens with zero attached hydrogens (tertiary/aromatic N) is 2. The molecule has 1 heterocycles. The number of hydrogen-bond acceptors (Lipinski definition) is 7. The lowest BCUT2D eigenvalue weighted by atomic mass is 10.2. The fraction of sp³-hybridized carbons (Fsp3) is 0.267. The summed E-state index contributed by atoms with van der Waals surface area (Å²) in [6, 6.07) is 7.19. The van der Waals surface area contributed by atoms with E-state index in [-0.39, 0.29) is 13.2 Å². The minimum Gasteiger partial charge on any atom is -0.497 e. The van der Waals surface area contributed by atoms with Crippen LogP contribution in [-0.2, 0) is 14.3 Å². The lowest BCUT2D eigenvalue weighted by Gasteiger charge is -2.18. The summed E-state index contributed by atoms with van der Waals surface area (Å²) in [6.45, 7) is 0.445. The number of carbonyl (C=O) groups is 1. The molecular formula is C15H17N3O5. The summed E-state index contributed by atoms with van der Waals surface area (Å²) in [6.07, 6.45) is 0.939. The van der Waals surface area contributed by atoms with Crippen molar-refractivity contribution >= 4 is 23.5 Å². The van der Waals surface area contributed by atoms with Gasteiger partial charge in [0.05, 0.1) is 39.3 Å². The fourth-order valence-corrected chi connectivity index (χ4v) is 1.93. The molecule has 1 aromatic carbocycles. The molecule has 0 saturated heterocycles. The summed E-state index contributed by atoms with van der Waals surface area (Å²) in [4.78, 5) is 19.5. The molecule has 0 aliphatic carbocycles. The van der Waals surface area contributed by atoms with E-state index in [4.69, 9.17) is 19.4 Å². The van der Waals surface area contributed by atoms with E-state index in [1.807, 2.05) is 0 Å². The summed E-state index contributed by atoms with van der Waals surface area (Å²) >= 11 is 0. The number of benzene rings is 1. The van der Waals surface area contributed by atoms with Crippen molar-refractivity contribution in [2.75, 3.05) is 27.4 Å². The third kappa shape index (κ3) is 4.38. The van der Waals surface area contributed by atoms with Gasteiger partial charge in [0, 0.05) is 0 Å². The van der Waals surface area contributed by atoms with Crippen LogP contribution in [0.3, 0.4) is 0 Å². The van der Waals surface area contributed by atoms with Crippen LogP contribution in [0.2, 0.25) is 0 Å². The number of carbonyl (C=O) groups excluding carboxylic acids is 1. The molecule has 1 aliphatic heterocycles. The molecule has 0 fully saturated rings. The van der Waals surface area contributed by atoms with Gasteiger partial charge in [-0.25, -0.2) is 15.5 Å². The van der Waals surface area contributed by atoms with Gasteiger partial charge in [-0.1, -0.05) is 0 Å². The van der Waals surface area contributed by atoms with Crippen LogP contribution in [0.4, 0.5) is 5.69 Å². The van der Waals surface area contributed by atoms with E-state index in [0.717, 1.165) is 12.0 Å². The Morgan fingerprint density at radius 2 is 2.00 bits per heavy atom. The zero-order valence-electron chi connectivity index (χ0n) is 12.8. The molecule has 8 nitrogen and oxygen atoms in total. The highest BCUT2D eigenvalue weighted by Gasteiger charge is 2.20. The second-order valence-corrected chi connectivity index (χ2v) is 4.46. The zero-order chi connectivity index (χ0) is 16.7. The summed E-state index contributed by atoms with van der Waals surface area (Å²) in [5.41, 5.74) is 3.14. The largest absolute Gasteiger partial charge is 0.497 e. The predicted molar refractivity (Wildman–Crippen MR) is 83.4 cm³/mol. The van der Waals surface area contributed by atoms with E-state index >= 15 is 0 Å². The van der Waals surface area contributed by atoms with E-state index in [1.54, 1.807) is 31.4 Å². The van der Waals surface area contributed by atoms with Crippen molar-refractivity contribution in [1.29, 1.82) is 0 Å². The normalized spacial score (nSPS) is 16.7. The van der Waals surface area contributed by atoms with Crippen LogP contribution < -0.4 is 10.2 Å². The van der Waals surface area contributed by atoms with Gasteiger partial charge in [0.15, 0.2) is 5.76 Å². The molecule has 1 aromatic rings. The van der Waals surface area contributed by atoms with Crippen molar-refractivity contribution in [2.24, 2.45) is 9.98 Å². The maximum atomic E-state index is 11.0. The Morgan fingerprint density at radius 3 is 2.61 bits per heavy atom. The quantitative estimate of drug-likeness (QED) is 0.483. The first-order chi connectivity index (χ1) is 11.2. The van der Waals surface area contributed by atoms with Crippen molar-refractivity contribution in [2.45, 2.75) is 0 Å². The number of methoxy groups -OCH3 is 2. The smallest absolute Gasteiger partial charge is 0.285 e. The van der Waals surface area contributed by atoms with Gasteiger partial charge in [-0.15, -0.1) is 0 Å². The molecule has 0 radical (unpaired) electrons. The number of aliphatic imine (C=N–C) groups is 2. The molecule has 2 N–H and O–H groups in total. The van der Waals surface area contributed by atoms with E-state index in [9.17, 15) is 4.79 Å². The van der Waals surface area contributed by atoms with Crippen molar-refractivity contribution in [1.82, 2.24) is 5.48 Å². The first-order valence-electron chi connectivity index (χ1n) is 6.73. The van der Waals surface area contributed by atoms with Gasteiger partial charge in [-0.2, -0.15) is 0 Å². The van der Waals surface area contributed by atoms with E-state index in [0.29, 0.717) is 22.9 Å². The second-order valence-electron chi connectivity index (χ2n) is 4.46. The highest BCUT2D eigenvalue weighted by Crippen LogP contribution is 2.22. The van der Waals surface area contributed by atoms with E-state index in [1.165, 1.54) is 12.6 Å². The number of nitrogens with one attached hydrogen (secondary N) is 1. The zero-order valence-corrected chi connectivity index (χ0v) is 12.8. The van der Waals surface area contributed by atoms with Gasteiger partial charge in [0.1, 0.15) is 17.2 Å². The monoisotopic (exact) mass is 319 g/mol. The molecule has 1 amide bonds. The van der Waals surface area contributed by atoms with Crippen LogP contribution in [0.25, 0.3) is 0 Å². The molecule has 0 bridgehead atoms. The van der Waals surface area contributed by atoms with Crippen LogP contribution in [0, 0.1) is 0 Å². The molecule has 8 heteroatoms. The van der Waals surface area contributed by atoms with Gasteiger partial charge in [0.25, 0.3) is 5.91 Å². The van der Waals surface area contributed by atoms with Gasteiger partial charge < -0.3 is 14.2 Å². The first-order valence-corrected chi connectivity index (χ1v) is 6.73. The summed E-state index contributed by atoms with van der Waals surface area (Å²) in [7, 11) is 3.08. The fourth-order valence-electron chi connectivity index (χ4n) is 1.93. The lowest BCUT2D eigenvalue weighted by molar-refractivity contribution is -0.121. The van der Waals surface area contributed by atoms with Crippen LogP contribution >= 0.6 is 0 Å². The van der Waals surface area contributed by atoms with Crippen LogP contribution in [0.15, 0.2) is 45.7 Å². The summed E-state index contributed by atoms with van der Waals surface area (Å²) in [5, 5.41) is 8.47. The average Bonchev–Trinajstić information content (AvgIpc) is 2.60. The maximum Gasteiger partial charge on any atom is 0.285 e. The number of ether oxygens (including phenoxy) is 3. The molecular weight excluding hydrogens is 302 g/mol. The van der Waals surface area contributed by atoms with Crippen molar-refractivity contribution in [3.05, 3.63) is 35.7 Å². The highest BCUT2D eigenvalue weighted by molar-refractivity contribution is 6.26. The molecule has 0 unspecified atom stereocenters. The first kappa shape index (κ1) is 16.7. The lowest BCUT2D eigenvalue weighted by Crippen LogP contribution is -2.24. The molecule has 1 aliphatic rings. The van der Waals surface area contributed by atoms with Crippen LogP contribution in [0.5, 0.6) is 5.75 Å². The van der Waals surface area contributed by atoms with Gasteiger partial charge in [-0.05, 0) is 24.3 Å². The minimum atomic E-state index is -0.743. The van der Waals surface area contributed by atoms with Crippen molar-refractivity contribution < 1.29 is 24.2 Å². The topological polar surface area (TPSA) is 102 Å². The van der Waals surface area contributed by atoms with E-state index in [2.05, 4.69) is 9.98 Å². The molecule has 0 atom stereocenters. The molecule has 0 spiro atoms. The van der Waals surface area contributed by atoms with Crippen molar-refractivity contribution in [3.8, 4) is 5.75 Å². The Morgan fingerprint density at radius 1 is 1.26 bits per heavy atom. The van der Waals surface area contributed by atoms with E-state index < -0.39 is 5.91 Å². The van der Waals surface area contributed by atoms with Gasteiger partial charge in [0.2, 0.25) is 0 Å². The Labute approximate surface area is 133 Å². The molecule has 122 valence electrons. The predicted octanol–water partition coefficient (Wildman–Crippen LogP) is 1.23. The third-order valence-corrected chi connectivity index (χ3v) is 2.99. The number of hydroxylamine groups is 1. The highest BCUT2D eigenvalue weighted by atomic mass is 16.5. The average molecular weight is 319 g/mol. The molecule has 2 rings (SSSR count). The Balaban J connectivity index is 2.30. The third-order valence-electron chi connectivity index (χ3n) is 2.99. The van der Waals surface area contributed by atoms with Crippen LogP contribution in [-0.4, -0.2) is 50.5 Å². The Kier molecular flexibility index (Phi) is 5.84. The Hall–Kier alpha value is -2.71. The number of rotatable bonds is 5. The second kappa shape index (κ2) is 8.06. The standard InChI is InChI=1S/C15H17N3O5/c1-21-11-5-3-10(4-6-11)17-13-9-23-8-12(15(13)22-2)16-7-14(19)18-20/h3-7,20H,8-9H2,1-2H3,(H,18,19). The molecule has 0 aromatic heterocycles. The summed E-state index contributed by atoms with van der Waals surface area (Å²) < 4.78 is 15.8. The number of hydrogen-bond donors (Lipinski definition) is 2. The summed E-state index contributed by atoms with van der Waals surface area (Å²) in [5.74, 6) is 0.429. The Bertz CT molecular complexity index is 650. The SMILES string of the molecule is COC1=C(N=CC(=O)NO)COCC1=Nc1ccc(OC)cc1. The van der Waals surface area contributed by atoms with Crippen molar-refractivity contribution in [3.63, 3.8) is 0 Å². The van der Waals surface area contributed by atoms with Gasteiger partial charge >= 0.3 is 0 Å². The molecule has 23 heavy (non-hydrogen) atoms. The van der Waals surface area contributed by atoms with Crippen LogP contribution in [0.1, 0.15) is 0 Å². The van der Waals surface area contributed by atoms with Gasteiger partial charge in [-0.3, -0.25) is 10.0 Å². The number of amides is 1. The minimum absolute atomic E-state index is 0.181. The maximum absolute atomic E-state index is 11.0. The molecule has 0 saturated carbocycles.